The van der Waals surface area contributed by atoms with Gasteiger partial charge >= 0.3 is 86.2 Å². The summed E-state index contributed by atoms with van der Waals surface area (Å²) in [6.07, 6.45) is 0. The smallest absolute Gasteiger partial charge is 0 e. The minimum absolute atomic E-state index is 0. The van der Waals surface area contributed by atoms with Crippen molar-refractivity contribution in [3.8, 4) is 0 Å². The topological polar surface area (TPSA) is 60.7 Å². The van der Waals surface area contributed by atoms with E-state index in [1.165, 1.54) is 0 Å². The molecule has 3 N–H and O–H groups in total. The van der Waals surface area contributed by atoms with Crippen molar-refractivity contribution in [2.24, 2.45) is 0 Å². The third-order valence-corrected chi connectivity index (χ3v) is 0. The van der Waals surface area contributed by atoms with Gasteiger partial charge in [-0.25, -0.2) is 4.11 Å². The molecule has 0 atom stereocenters. The largest absolute Gasteiger partial charge is 0 e. The summed E-state index contributed by atoms with van der Waals surface area (Å²) >= 11 is 0. The Morgan fingerprint density at radius 2 is 1.12 bits per heavy atom. The number of halogens is 1. The van der Waals surface area contributed by atoms with E-state index in [9.17, 15) is 4.11 Å². The minimum atomic E-state index is -5.11. The van der Waals surface area contributed by atoms with Crippen LogP contribution in [0, 0.1) is 0 Å². The van der Waals surface area contributed by atoms with Gasteiger partial charge in [0.1, 0.15) is 0 Å². The summed E-state index contributed by atoms with van der Waals surface area (Å²) in [6.45, 7) is 0. The van der Waals surface area contributed by atoms with Gasteiger partial charge in [-0.3, -0.25) is 0 Å². The maximum absolute atomic E-state index is 10.5. The van der Waals surface area contributed by atoms with Crippen molar-refractivity contribution in [1.29, 1.82) is 0 Å². The molecule has 0 amide bonds. The van der Waals surface area contributed by atoms with Gasteiger partial charge in [0.2, 0.25) is 0 Å². The van der Waals surface area contributed by atoms with Crippen LogP contribution < -0.4 is 0 Å². The quantitative estimate of drug-likeness (QED) is 0.312. The Hall–Kier alpha value is 3.30. The van der Waals surface area contributed by atoms with Crippen LogP contribution in [0.1, 0.15) is 0 Å². The molecule has 0 heterocycles. The molecule has 3 nitrogen and oxygen atoms in total. The van der Waals surface area contributed by atoms with Crippen molar-refractivity contribution in [3.63, 3.8) is 0 Å². The normalized spacial score (nSPS) is 7.50. The van der Waals surface area contributed by atoms with Crippen LogP contribution in [0.3, 0.4) is 0 Å². The van der Waals surface area contributed by atoms with Gasteiger partial charge in [0.15, 0.2) is 0 Å². The molecule has 0 aromatic heterocycles. The molecule has 8 heteroatoms. The second kappa shape index (κ2) is 10.3. The Morgan fingerprint density at radius 1 is 1.12 bits per heavy atom. The Morgan fingerprint density at radius 3 is 1.12 bits per heavy atom. The van der Waals surface area contributed by atoms with E-state index in [-0.39, 0.29) is 103 Å². The van der Waals surface area contributed by atoms with Gasteiger partial charge in [-0.2, -0.15) is 0 Å². The second-order valence-corrected chi connectivity index (χ2v) is 1.66. The molecular formula is H5FLiO3RbScSi. The fraction of sp³-hybridized carbons (Fsp3) is 0. The van der Waals surface area contributed by atoms with E-state index in [1.54, 1.807) is 0 Å². The number of rotatable bonds is 0. The van der Waals surface area contributed by atoms with Crippen molar-refractivity contribution in [2.75, 3.05) is 0 Å². The van der Waals surface area contributed by atoms with Crippen LogP contribution in [0.2, 0.25) is 0 Å². The van der Waals surface area contributed by atoms with E-state index in [0.717, 1.165) is 0 Å². The molecule has 39 valence electrons. The van der Waals surface area contributed by atoms with Crippen molar-refractivity contribution in [3.05, 3.63) is 0 Å². The first-order valence-electron chi connectivity index (χ1n) is 0.860. The fourth-order valence-electron chi connectivity index (χ4n) is 0. The summed E-state index contributed by atoms with van der Waals surface area (Å²) in [5.41, 5.74) is 0. The average molecular weight is 237 g/mol. The predicted octanol–water partition coefficient (Wildman–Crippen LogP) is -2.93. The molecule has 0 unspecified atom stereocenters. The van der Waals surface area contributed by atoms with Crippen LogP contribution in [-0.2, 0) is 25.8 Å². The van der Waals surface area contributed by atoms with Crippen LogP contribution in [0.5, 0.6) is 0 Å². The molecule has 0 saturated heterocycles. The predicted molar refractivity (Wildman–Crippen MR) is 27.8 cm³/mol. The first-order chi connectivity index (χ1) is 2.00. The van der Waals surface area contributed by atoms with Gasteiger partial charge in [0.25, 0.3) is 0 Å². The van der Waals surface area contributed by atoms with Crippen molar-refractivity contribution in [1.82, 2.24) is 0 Å². The van der Waals surface area contributed by atoms with E-state index in [0.29, 0.717) is 0 Å². The zero-order chi connectivity index (χ0) is 4.50. The molecule has 0 saturated carbocycles. The first kappa shape index (κ1) is 22.5. The summed E-state index contributed by atoms with van der Waals surface area (Å²) in [6, 6.07) is 0. The van der Waals surface area contributed by atoms with Crippen molar-refractivity contribution in [2.45, 2.75) is 0 Å². The van der Waals surface area contributed by atoms with Crippen molar-refractivity contribution >= 4 is 86.2 Å². The van der Waals surface area contributed by atoms with E-state index < -0.39 is 9.14 Å². The standard InChI is InChI=1S/FH3O3Si.Li.Rb.Sc.2H/c1-5(2,3)4;;;;;/h2-4H;;;;;. The summed E-state index contributed by atoms with van der Waals surface area (Å²) in [4.78, 5) is 21.3. The number of hydrogen-bond acceptors (Lipinski definition) is 3. The van der Waals surface area contributed by atoms with E-state index in [2.05, 4.69) is 0 Å². The maximum Gasteiger partial charge on any atom is 0 e. The van der Waals surface area contributed by atoms with E-state index in [1.807, 2.05) is 0 Å². The van der Waals surface area contributed by atoms with Crippen LogP contribution in [0.4, 0.5) is 4.11 Å². The maximum atomic E-state index is 10.5. The molecule has 0 aromatic rings. The minimum Gasteiger partial charge on any atom is 0 e. The monoisotopic (exact) mass is 237 g/mol. The molecule has 1 radical (unpaired) electrons. The van der Waals surface area contributed by atoms with Gasteiger partial charge in [-0.1, -0.05) is 0 Å². The molecule has 0 fully saturated rings. The number of hydrogen-bond donors (Lipinski definition) is 3. The second-order valence-electron chi connectivity index (χ2n) is 0.554. The molecule has 0 spiro atoms. The zero-order valence-electron chi connectivity index (χ0n) is 2.80. The van der Waals surface area contributed by atoms with Crippen molar-refractivity contribution < 1.29 is 44.3 Å². The van der Waals surface area contributed by atoms with E-state index >= 15 is 0 Å². The first-order valence-corrected chi connectivity index (χ1v) is 2.58. The molecule has 0 aliphatic rings. The summed E-state index contributed by atoms with van der Waals surface area (Å²) < 4.78 is 10.5. The van der Waals surface area contributed by atoms with Gasteiger partial charge in [-0.15, -0.1) is 0 Å². The fourth-order valence-corrected chi connectivity index (χ4v) is 0. The zero-order valence-corrected chi connectivity index (χ0v) is 5.60. The average Bonchev–Trinajstić information content (AvgIpc) is 0.722. The van der Waals surface area contributed by atoms with Crippen LogP contribution in [-0.4, -0.2) is 101 Å². The molecule has 0 aliphatic carbocycles. The molecule has 0 rings (SSSR count). The Balaban J connectivity index is -0.0000000267. The summed E-state index contributed by atoms with van der Waals surface area (Å²) in [5, 5.41) is 0. The SMILES string of the molecule is O[Si](O)(O)F.[LiH].[RbH].[Sc]. The summed E-state index contributed by atoms with van der Waals surface area (Å²) in [7, 11) is -5.11. The van der Waals surface area contributed by atoms with Gasteiger partial charge in [0.05, 0.1) is 0 Å². The Labute approximate surface area is 127 Å². The third-order valence-electron chi connectivity index (χ3n) is 0. The molecule has 0 aromatic carbocycles. The van der Waals surface area contributed by atoms with Crippen LogP contribution >= 0.6 is 0 Å². The summed E-state index contributed by atoms with van der Waals surface area (Å²) in [5.74, 6) is 0. The third kappa shape index (κ3) is 58.8. The van der Waals surface area contributed by atoms with Crippen LogP contribution in [0.15, 0.2) is 0 Å². The van der Waals surface area contributed by atoms with Gasteiger partial charge < -0.3 is 14.4 Å². The molecule has 8 heavy (non-hydrogen) atoms. The van der Waals surface area contributed by atoms with E-state index in [4.69, 9.17) is 14.4 Å². The van der Waals surface area contributed by atoms with Crippen LogP contribution in [0.25, 0.3) is 0 Å². The van der Waals surface area contributed by atoms with Gasteiger partial charge in [0, 0.05) is 25.8 Å². The molecule has 0 aliphatic heterocycles. The molecular weight excluding hydrogens is 232 g/mol. The Kier molecular flexibility index (Phi) is 29.0. The Bertz CT molecular complexity index is 34.8. The molecule has 0 bridgehead atoms. The van der Waals surface area contributed by atoms with Gasteiger partial charge in [-0.05, 0) is 0 Å².